The Balaban J connectivity index is 1.70. The van der Waals surface area contributed by atoms with Crippen LogP contribution in [0.5, 0.6) is 0 Å². The summed E-state index contributed by atoms with van der Waals surface area (Å²) in [5.41, 5.74) is -1.51. The number of alkyl carbamates (subject to hydrolysis) is 1. The SMILES string of the molecule is CCOC(=O)c1cc(C2CC2)c2c(F)c(N3CCC(NC(=O)OC(C)(C)C)C3)c(F)cn2c1=O. The molecule has 1 saturated heterocycles. The Bertz CT molecular complexity index is 1200. The Morgan fingerprint density at radius 2 is 1.91 bits per heavy atom. The van der Waals surface area contributed by atoms with Gasteiger partial charge in [-0.05, 0) is 64.5 Å². The maximum absolute atomic E-state index is 15.8. The number of nitrogens with zero attached hydrogens (tertiary/aromatic N) is 2. The lowest BCUT2D eigenvalue weighted by Crippen LogP contribution is -2.40. The summed E-state index contributed by atoms with van der Waals surface area (Å²) in [5, 5.41) is 2.74. The van der Waals surface area contributed by atoms with Crippen LogP contribution in [0.25, 0.3) is 5.52 Å². The lowest BCUT2D eigenvalue weighted by molar-refractivity contribution is 0.0503. The third kappa shape index (κ3) is 4.71. The summed E-state index contributed by atoms with van der Waals surface area (Å²) < 4.78 is 42.1. The summed E-state index contributed by atoms with van der Waals surface area (Å²) in [5.74, 6) is -2.61. The number of carbonyl (C=O) groups excluding carboxylic acids is 2. The number of aromatic nitrogens is 1. The van der Waals surface area contributed by atoms with Crippen LogP contribution in [0.1, 0.15) is 68.8 Å². The van der Waals surface area contributed by atoms with Crippen LogP contribution in [0.3, 0.4) is 0 Å². The second-order valence-corrected chi connectivity index (χ2v) is 9.75. The number of hydrogen-bond acceptors (Lipinski definition) is 6. The molecule has 184 valence electrons. The Hall–Kier alpha value is -3.17. The number of fused-ring (bicyclic) bond motifs is 1. The summed E-state index contributed by atoms with van der Waals surface area (Å²) in [4.78, 5) is 38.8. The van der Waals surface area contributed by atoms with Gasteiger partial charge in [-0.2, -0.15) is 0 Å². The molecule has 0 spiro atoms. The molecule has 1 N–H and O–H groups in total. The van der Waals surface area contributed by atoms with E-state index in [2.05, 4.69) is 5.32 Å². The van der Waals surface area contributed by atoms with Gasteiger partial charge in [-0.3, -0.25) is 9.20 Å². The van der Waals surface area contributed by atoms with E-state index in [0.29, 0.717) is 18.5 Å². The number of halogens is 2. The summed E-state index contributed by atoms with van der Waals surface area (Å²) in [6.45, 7) is 7.45. The van der Waals surface area contributed by atoms with E-state index in [0.717, 1.165) is 23.4 Å². The smallest absolute Gasteiger partial charge is 0.407 e. The highest BCUT2D eigenvalue weighted by atomic mass is 19.1. The lowest BCUT2D eigenvalue weighted by atomic mass is 10.1. The van der Waals surface area contributed by atoms with Crippen LogP contribution >= 0.6 is 0 Å². The molecule has 2 aromatic heterocycles. The van der Waals surface area contributed by atoms with Crippen LogP contribution in [0.4, 0.5) is 19.3 Å². The van der Waals surface area contributed by atoms with Crippen LogP contribution in [0.15, 0.2) is 17.1 Å². The number of rotatable bonds is 5. The van der Waals surface area contributed by atoms with E-state index in [4.69, 9.17) is 9.47 Å². The fourth-order valence-electron chi connectivity index (χ4n) is 4.31. The van der Waals surface area contributed by atoms with Gasteiger partial charge in [-0.15, -0.1) is 0 Å². The average molecular weight is 478 g/mol. The number of esters is 1. The first kappa shape index (κ1) is 24.0. The molecule has 34 heavy (non-hydrogen) atoms. The van der Waals surface area contributed by atoms with E-state index in [1.165, 1.54) is 11.0 Å². The molecule has 1 aliphatic carbocycles. The van der Waals surface area contributed by atoms with E-state index in [1.54, 1.807) is 27.7 Å². The molecule has 0 aromatic carbocycles. The van der Waals surface area contributed by atoms with Crippen molar-refractivity contribution in [3.63, 3.8) is 0 Å². The molecule has 4 rings (SSSR count). The van der Waals surface area contributed by atoms with E-state index in [9.17, 15) is 14.4 Å². The van der Waals surface area contributed by atoms with Crippen molar-refractivity contribution in [2.45, 2.75) is 64.5 Å². The maximum Gasteiger partial charge on any atom is 0.407 e. The van der Waals surface area contributed by atoms with Crippen LogP contribution < -0.4 is 15.8 Å². The Labute approximate surface area is 195 Å². The van der Waals surface area contributed by atoms with Crippen LogP contribution in [0.2, 0.25) is 0 Å². The first-order valence-corrected chi connectivity index (χ1v) is 11.5. The molecule has 3 heterocycles. The molecule has 10 heteroatoms. The zero-order valence-electron chi connectivity index (χ0n) is 19.7. The van der Waals surface area contributed by atoms with Crippen LogP contribution in [-0.2, 0) is 9.47 Å². The molecule has 1 aliphatic heterocycles. The standard InChI is InChI=1S/C24H29F2N3O5/c1-5-33-22(31)16-10-15(13-6-7-13)19-18(26)20(17(25)12-29(19)21(16)30)28-9-8-14(11-28)27-23(32)34-24(2,3)4/h10,12-14H,5-9,11H2,1-4H3,(H,27,32). The maximum atomic E-state index is 15.8. The number of hydrogen-bond donors (Lipinski definition) is 1. The second-order valence-electron chi connectivity index (χ2n) is 9.75. The zero-order valence-corrected chi connectivity index (χ0v) is 19.7. The Kier molecular flexibility index (Phi) is 6.26. The molecule has 1 atom stereocenters. The molecule has 2 aliphatic rings. The van der Waals surface area contributed by atoms with Crippen molar-refractivity contribution < 1.29 is 27.8 Å². The number of anilines is 1. The van der Waals surface area contributed by atoms with E-state index >= 15 is 8.78 Å². The molecule has 8 nitrogen and oxygen atoms in total. The molecule has 0 bridgehead atoms. The molecule has 0 radical (unpaired) electrons. The highest BCUT2D eigenvalue weighted by molar-refractivity contribution is 5.90. The molecular weight excluding hydrogens is 448 g/mol. The fraction of sp³-hybridized carbons (Fsp3) is 0.542. The van der Waals surface area contributed by atoms with Crippen molar-refractivity contribution in [1.82, 2.24) is 9.72 Å². The zero-order chi connectivity index (χ0) is 24.8. The number of pyridine rings is 2. The molecule has 1 saturated carbocycles. The normalized spacial score (nSPS) is 18.3. The molecule has 1 unspecified atom stereocenters. The van der Waals surface area contributed by atoms with Crippen LogP contribution in [-0.4, -0.2) is 47.8 Å². The van der Waals surface area contributed by atoms with Crippen molar-refractivity contribution in [3.8, 4) is 0 Å². The van der Waals surface area contributed by atoms with Gasteiger partial charge in [0, 0.05) is 13.1 Å². The number of nitrogens with one attached hydrogen (secondary N) is 1. The highest BCUT2D eigenvalue weighted by Crippen LogP contribution is 2.43. The minimum atomic E-state index is -0.923. The van der Waals surface area contributed by atoms with E-state index < -0.39 is 34.9 Å². The molecular formula is C24H29F2N3O5. The van der Waals surface area contributed by atoms with Crippen molar-refractivity contribution >= 4 is 23.3 Å². The molecule has 2 aromatic rings. The van der Waals surface area contributed by atoms with Crippen LogP contribution in [0, 0.1) is 11.6 Å². The Morgan fingerprint density at radius 1 is 1.21 bits per heavy atom. The minimum absolute atomic E-state index is 0.0169. The monoisotopic (exact) mass is 477 g/mol. The predicted molar refractivity (Wildman–Crippen MR) is 122 cm³/mol. The first-order chi connectivity index (χ1) is 16.0. The average Bonchev–Trinajstić information content (AvgIpc) is 3.47. The topological polar surface area (TPSA) is 89.3 Å². The summed E-state index contributed by atoms with van der Waals surface area (Å²) in [6, 6.07) is 1.04. The van der Waals surface area contributed by atoms with Crippen molar-refractivity contribution in [2.75, 3.05) is 24.6 Å². The predicted octanol–water partition coefficient (Wildman–Crippen LogP) is 3.74. The van der Waals surface area contributed by atoms with Gasteiger partial charge in [0.25, 0.3) is 5.56 Å². The first-order valence-electron chi connectivity index (χ1n) is 11.5. The van der Waals surface area contributed by atoms with Crippen molar-refractivity contribution in [3.05, 3.63) is 45.4 Å². The summed E-state index contributed by atoms with van der Waals surface area (Å²) >= 11 is 0. The van der Waals surface area contributed by atoms with Gasteiger partial charge in [-0.1, -0.05) is 0 Å². The van der Waals surface area contributed by atoms with Gasteiger partial charge >= 0.3 is 12.1 Å². The van der Waals surface area contributed by atoms with E-state index in [-0.39, 0.29) is 41.9 Å². The lowest BCUT2D eigenvalue weighted by Gasteiger charge is -2.23. The van der Waals surface area contributed by atoms with Crippen molar-refractivity contribution in [2.24, 2.45) is 0 Å². The third-order valence-corrected chi connectivity index (χ3v) is 5.89. The molecule has 2 fully saturated rings. The summed E-state index contributed by atoms with van der Waals surface area (Å²) in [7, 11) is 0. The van der Waals surface area contributed by atoms with Gasteiger partial charge in [0.05, 0.1) is 24.4 Å². The largest absolute Gasteiger partial charge is 0.462 e. The van der Waals surface area contributed by atoms with Gasteiger partial charge in [0.2, 0.25) is 0 Å². The van der Waals surface area contributed by atoms with Gasteiger partial charge in [0.15, 0.2) is 11.6 Å². The number of carbonyl (C=O) groups is 2. The Morgan fingerprint density at radius 3 is 2.53 bits per heavy atom. The third-order valence-electron chi connectivity index (χ3n) is 5.89. The van der Waals surface area contributed by atoms with Gasteiger partial charge in [-0.25, -0.2) is 18.4 Å². The second kappa shape index (κ2) is 8.88. The fourth-order valence-corrected chi connectivity index (χ4v) is 4.31. The van der Waals surface area contributed by atoms with Gasteiger partial charge in [0.1, 0.15) is 16.9 Å². The van der Waals surface area contributed by atoms with E-state index in [1.807, 2.05) is 0 Å². The minimum Gasteiger partial charge on any atom is -0.462 e. The quantitative estimate of drug-likeness (QED) is 0.660. The van der Waals surface area contributed by atoms with Gasteiger partial charge < -0.3 is 19.7 Å². The summed E-state index contributed by atoms with van der Waals surface area (Å²) in [6.07, 6.45) is 2.39. The van der Waals surface area contributed by atoms with Crippen molar-refractivity contribution in [1.29, 1.82) is 0 Å². The number of amides is 1. The number of ether oxygens (including phenoxy) is 2. The highest BCUT2D eigenvalue weighted by Gasteiger charge is 2.34. The molecule has 1 amide bonds.